The molecule has 0 spiro atoms. The minimum absolute atomic E-state index is 0.150. The highest BCUT2D eigenvalue weighted by Crippen LogP contribution is 2.29. The molecule has 2 N–H and O–H groups in total. The van der Waals surface area contributed by atoms with Gasteiger partial charge in [0, 0.05) is 22.2 Å². The molecule has 1 aliphatic rings. The maximum Gasteiger partial charge on any atom is 0.122 e. The molecule has 2 heterocycles. The van der Waals surface area contributed by atoms with Crippen LogP contribution >= 0.6 is 11.3 Å². The van der Waals surface area contributed by atoms with Crippen molar-refractivity contribution in [2.75, 3.05) is 6.61 Å². The SMILES string of the molecule is Cc1cc(C(N)CCc2ccc3c(c2)CCO3)sc1C. The van der Waals surface area contributed by atoms with E-state index in [2.05, 4.69) is 38.1 Å². The van der Waals surface area contributed by atoms with Gasteiger partial charge in [-0.3, -0.25) is 0 Å². The Kier molecular flexibility index (Phi) is 3.81. The molecule has 1 unspecified atom stereocenters. The first-order chi connectivity index (χ1) is 9.63. The number of thiophene rings is 1. The molecule has 1 aromatic carbocycles. The van der Waals surface area contributed by atoms with Gasteiger partial charge in [0.1, 0.15) is 5.75 Å². The van der Waals surface area contributed by atoms with Gasteiger partial charge in [-0.2, -0.15) is 0 Å². The van der Waals surface area contributed by atoms with Crippen LogP contribution in [-0.4, -0.2) is 6.61 Å². The molecule has 106 valence electrons. The Hall–Kier alpha value is -1.32. The molecule has 0 amide bonds. The first-order valence-electron chi connectivity index (χ1n) is 7.20. The van der Waals surface area contributed by atoms with Crippen molar-refractivity contribution in [3.05, 3.63) is 50.7 Å². The normalized spacial score (nSPS) is 14.9. The first-order valence-corrected chi connectivity index (χ1v) is 8.02. The summed E-state index contributed by atoms with van der Waals surface area (Å²) in [7, 11) is 0. The van der Waals surface area contributed by atoms with Crippen LogP contribution in [0, 0.1) is 13.8 Å². The van der Waals surface area contributed by atoms with Crippen LogP contribution in [0.5, 0.6) is 5.75 Å². The molecule has 3 rings (SSSR count). The molecule has 0 bridgehead atoms. The van der Waals surface area contributed by atoms with E-state index in [9.17, 15) is 0 Å². The van der Waals surface area contributed by atoms with Gasteiger partial charge >= 0.3 is 0 Å². The third-order valence-corrected chi connectivity index (χ3v) is 5.33. The van der Waals surface area contributed by atoms with Gasteiger partial charge < -0.3 is 10.5 Å². The zero-order valence-corrected chi connectivity index (χ0v) is 12.9. The van der Waals surface area contributed by atoms with E-state index in [0.29, 0.717) is 0 Å². The maximum absolute atomic E-state index is 6.32. The summed E-state index contributed by atoms with van der Waals surface area (Å²) in [6.45, 7) is 5.14. The van der Waals surface area contributed by atoms with Gasteiger partial charge in [0.15, 0.2) is 0 Å². The van der Waals surface area contributed by atoms with Crippen molar-refractivity contribution < 1.29 is 4.74 Å². The molecule has 0 saturated heterocycles. The van der Waals surface area contributed by atoms with Crippen molar-refractivity contribution in [3.8, 4) is 5.75 Å². The number of aryl methyl sites for hydroxylation is 3. The molecule has 1 aliphatic heterocycles. The van der Waals surface area contributed by atoms with Gasteiger partial charge in [-0.1, -0.05) is 12.1 Å². The van der Waals surface area contributed by atoms with Crippen molar-refractivity contribution >= 4 is 11.3 Å². The van der Waals surface area contributed by atoms with E-state index in [0.717, 1.165) is 31.6 Å². The largest absolute Gasteiger partial charge is 0.493 e. The topological polar surface area (TPSA) is 35.2 Å². The zero-order chi connectivity index (χ0) is 14.1. The van der Waals surface area contributed by atoms with Gasteiger partial charge in [0.25, 0.3) is 0 Å². The summed E-state index contributed by atoms with van der Waals surface area (Å²) < 4.78 is 5.54. The number of hydrogen-bond acceptors (Lipinski definition) is 3. The minimum atomic E-state index is 0.150. The summed E-state index contributed by atoms with van der Waals surface area (Å²) in [5.74, 6) is 1.06. The Morgan fingerprint density at radius 3 is 2.90 bits per heavy atom. The van der Waals surface area contributed by atoms with Crippen LogP contribution in [-0.2, 0) is 12.8 Å². The Morgan fingerprint density at radius 2 is 2.15 bits per heavy atom. The van der Waals surface area contributed by atoms with Crippen LogP contribution in [0.2, 0.25) is 0 Å². The van der Waals surface area contributed by atoms with Gasteiger partial charge in [0.2, 0.25) is 0 Å². The molecule has 1 aromatic heterocycles. The smallest absolute Gasteiger partial charge is 0.122 e. The fraction of sp³-hybridized carbons (Fsp3) is 0.412. The summed E-state index contributed by atoms with van der Waals surface area (Å²) in [6, 6.07) is 8.93. The molecule has 20 heavy (non-hydrogen) atoms. The van der Waals surface area contributed by atoms with E-state index in [4.69, 9.17) is 10.5 Å². The lowest BCUT2D eigenvalue weighted by Gasteiger charge is -2.10. The lowest BCUT2D eigenvalue weighted by Crippen LogP contribution is -2.09. The summed E-state index contributed by atoms with van der Waals surface area (Å²) in [4.78, 5) is 2.69. The van der Waals surface area contributed by atoms with Gasteiger partial charge in [-0.15, -0.1) is 11.3 Å². The Bertz CT molecular complexity index is 598. The molecule has 0 aliphatic carbocycles. The standard InChI is InChI=1S/C17H21NOS/c1-11-9-17(20-12(11)2)15(18)5-3-13-4-6-16-14(10-13)7-8-19-16/h4,6,9-10,15H,3,5,7-8,18H2,1-2H3. The van der Waals surface area contributed by atoms with Crippen molar-refractivity contribution in [2.24, 2.45) is 5.73 Å². The van der Waals surface area contributed by atoms with Crippen LogP contribution in [0.15, 0.2) is 24.3 Å². The number of hydrogen-bond donors (Lipinski definition) is 1. The summed E-state index contributed by atoms with van der Waals surface area (Å²) in [5, 5.41) is 0. The number of rotatable bonds is 4. The zero-order valence-electron chi connectivity index (χ0n) is 12.1. The third kappa shape index (κ3) is 2.74. The molecule has 0 fully saturated rings. The van der Waals surface area contributed by atoms with E-state index in [1.165, 1.54) is 26.4 Å². The number of benzene rings is 1. The molecular weight excluding hydrogens is 266 g/mol. The molecule has 1 atom stereocenters. The highest BCUT2D eigenvalue weighted by atomic mass is 32.1. The molecule has 0 saturated carbocycles. The Morgan fingerprint density at radius 1 is 1.30 bits per heavy atom. The Labute approximate surface area is 124 Å². The van der Waals surface area contributed by atoms with E-state index >= 15 is 0 Å². The molecule has 0 radical (unpaired) electrons. The van der Waals surface area contributed by atoms with Crippen molar-refractivity contribution in [1.29, 1.82) is 0 Å². The van der Waals surface area contributed by atoms with Crippen molar-refractivity contribution in [3.63, 3.8) is 0 Å². The second kappa shape index (κ2) is 5.58. The molecular formula is C17H21NOS. The van der Waals surface area contributed by atoms with Crippen LogP contribution in [0.25, 0.3) is 0 Å². The number of ether oxygens (including phenoxy) is 1. The molecule has 2 aromatic rings. The first kappa shape index (κ1) is 13.7. The monoisotopic (exact) mass is 287 g/mol. The van der Waals surface area contributed by atoms with E-state index in [1.807, 2.05) is 11.3 Å². The van der Waals surface area contributed by atoms with Crippen molar-refractivity contribution in [1.82, 2.24) is 0 Å². The second-order valence-electron chi connectivity index (χ2n) is 5.57. The molecule has 3 heteroatoms. The fourth-order valence-corrected chi connectivity index (χ4v) is 3.72. The quantitative estimate of drug-likeness (QED) is 0.924. The second-order valence-corrected chi connectivity index (χ2v) is 6.86. The highest BCUT2D eigenvalue weighted by Gasteiger charge is 2.14. The predicted octanol–water partition coefficient (Wildman–Crippen LogP) is 3.93. The highest BCUT2D eigenvalue weighted by molar-refractivity contribution is 7.12. The van der Waals surface area contributed by atoms with E-state index in [-0.39, 0.29) is 6.04 Å². The minimum Gasteiger partial charge on any atom is -0.493 e. The van der Waals surface area contributed by atoms with Gasteiger partial charge in [-0.25, -0.2) is 0 Å². The fourth-order valence-electron chi connectivity index (χ4n) is 2.64. The molecule has 2 nitrogen and oxygen atoms in total. The van der Waals surface area contributed by atoms with Gasteiger partial charge in [0.05, 0.1) is 6.61 Å². The summed E-state index contributed by atoms with van der Waals surface area (Å²) in [5.41, 5.74) is 10.4. The van der Waals surface area contributed by atoms with Crippen LogP contribution in [0.1, 0.15) is 38.9 Å². The van der Waals surface area contributed by atoms with Crippen LogP contribution in [0.4, 0.5) is 0 Å². The predicted molar refractivity (Wildman–Crippen MR) is 84.7 cm³/mol. The summed E-state index contributed by atoms with van der Waals surface area (Å²) in [6.07, 6.45) is 3.07. The lowest BCUT2D eigenvalue weighted by molar-refractivity contribution is 0.357. The lowest BCUT2D eigenvalue weighted by atomic mass is 10.0. The van der Waals surface area contributed by atoms with E-state index in [1.54, 1.807) is 0 Å². The van der Waals surface area contributed by atoms with Gasteiger partial charge in [-0.05, 0) is 55.5 Å². The van der Waals surface area contributed by atoms with Crippen LogP contribution in [0.3, 0.4) is 0 Å². The van der Waals surface area contributed by atoms with Crippen LogP contribution < -0.4 is 10.5 Å². The van der Waals surface area contributed by atoms with E-state index < -0.39 is 0 Å². The maximum atomic E-state index is 6.32. The Balaban J connectivity index is 1.64. The number of nitrogens with two attached hydrogens (primary N) is 1. The average Bonchev–Trinajstić information content (AvgIpc) is 3.03. The van der Waals surface area contributed by atoms with Crippen molar-refractivity contribution in [2.45, 2.75) is 39.2 Å². The number of fused-ring (bicyclic) bond motifs is 1. The summed E-state index contributed by atoms with van der Waals surface area (Å²) >= 11 is 1.83. The average molecular weight is 287 g/mol. The third-order valence-electron chi connectivity index (χ3n) is 4.05.